The van der Waals surface area contributed by atoms with Crippen LogP contribution in [0.3, 0.4) is 0 Å². The summed E-state index contributed by atoms with van der Waals surface area (Å²) < 4.78 is 59.1. The third-order valence-electron chi connectivity index (χ3n) is 7.24. The molecule has 0 bridgehead atoms. The van der Waals surface area contributed by atoms with Crippen molar-refractivity contribution in [3.05, 3.63) is 65.1 Å². The van der Waals surface area contributed by atoms with Gasteiger partial charge in [0.15, 0.2) is 0 Å². The number of para-hydroxylation sites is 1. The van der Waals surface area contributed by atoms with Crippen LogP contribution in [0, 0.1) is 5.82 Å². The van der Waals surface area contributed by atoms with E-state index < -0.39 is 18.1 Å². The number of fused-ring (bicyclic) bond motifs is 3. The number of carbonyl (C=O) groups excluding carboxylic acids is 1. The number of alkyl halides is 3. The van der Waals surface area contributed by atoms with E-state index in [-0.39, 0.29) is 37.8 Å². The Kier molecular flexibility index (Phi) is 7.50. The number of rotatable bonds is 7. The lowest BCUT2D eigenvalue weighted by atomic mass is 10.0. The van der Waals surface area contributed by atoms with Crippen molar-refractivity contribution in [1.29, 1.82) is 0 Å². The minimum atomic E-state index is -4.83. The fourth-order valence-corrected chi connectivity index (χ4v) is 5.45. The van der Waals surface area contributed by atoms with E-state index in [0.29, 0.717) is 50.2 Å². The summed E-state index contributed by atoms with van der Waals surface area (Å²) in [6, 6.07) is 10.4. The van der Waals surface area contributed by atoms with Crippen molar-refractivity contribution in [2.45, 2.75) is 25.9 Å². The van der Waals surface area contributed by atoms with Crippen molar-refractivity contribution in [2.24, 2.45) is 0 Å². The Labute approximate surface area is 221 Å². The molecule has 0 saturated carbocycles. The van der Waals surface area contributed by atoms with Gasteiger partial charge in [0, 0.05) is 50.3 Å². The number of ether oxygens (including phenoxy) is 1. The molecule has 2 aliphatic heterocycles. The first kappa shape index (κ1) is 26.9. The van der Waals surface area contributed by atoms with Gasteiger partial charge in [-0.05, 0) is 35.7 Å². The van der Waals surface area contributed by atoms with Crippen LogP contribution >= 0.6 is 0 Å². The average Bonchev–Trinajstić information content (AvgIpc) is 3.18. The maximum Gasteiger partial charge on any atom is 0.573 e. The lowest BCUT2D eigenvalue weighted by Crippen LogP contribution is -2.51. The number of benzene rings is 2. The Hall–Kier alpha value is -3.64. The van der Waals surface area contributed by atoms with Gasteiger partial charge in [0.05, 0.1) is 25.2 Å². The van der Waals surface area contributed by atoms with Gasteiger partial charge < -0.3 is 19.3 Å². The van der Waals surface area contributed by atoms with Crippen molar-refractivity contribution in [3.8, 4) is 5.75 Å². The van der Waals surface area contributed by atoms with Crippen LogP contribution in [0.2, 0.25) is 0 Å². The highest BCUT2D eigenvalue weighted by molar-refractivity contribution is 5.87. The molecule has 0 unspecified atom stereocenters. The smallest absolute Gasteiger partial charge is 0.480 e. The first-order valence-corrected chi connectivity index (χ1v) is 12.6. The zero-order valence-corrected chi connectivity index (χ0v) is 21.1. The molecule has 5 rings (SSSR count). The van der Waals surface area contributed by atoms with Crippen LogP contribution < -0.4 is 4.74 Å². The highest BCUT2D eigenvalue weighted by Gasteiger charge is 2.32. The Morgan fingerprint density at radius 1 is 0.949 bits per heavy atom. The second kappa shape index (κ2) is 10.9. The summed E-state index contributed by atoms with van der Waals surface area (Å²) in [7, 11) is 0. The van der Waals surface area contributed by atoms with E-state index in [1.165, 1.54) is 24.3 Å². The van der Waals surface area contributed by atoms with Crippen molar-refractivity contribution in [3.63, 3.8) is 0 Å². The van der Waals surface area contributed by atoms with Gasteiger partial charge in [0.1, 0.15) is 11.6 Å². The van der Waals surface area contributed by atoms with E-state index in [0.717, 1.165) is 16.6 Å². The number of carboxylic acid groups (broad SMARTS) is 1. The van der Waals surface area contributed by atoms with E-state index in [9.17, 15) is 22.8 Å². The number of carboxylic acids is 1. The van der Waals surface area contributed by atoms with E-state index in [1.54, 1.807) is 21.6 Å². The molecule has 3 aromatic rings. The molecule has 0 spiro atoms. The standard InChI is InChI=1S/C27H28F4N4O4/c28-22-6-2-5-21-20-7-8-34(24(36)16-32-9-11-33(12-10-32)17-25(37)38)15-23(20)35(26(21)22)14-18-3-1-4-19(13-18)39-27(29,30)31/h1-6,13H,7-12,14-17H2,(H,37,38). The summed E-state index contributed by atoms with van der Waals surface area (Å²) in [6.07, 6.45) is -4.30. The zero-order chi connectivity index (χ0) is 27.7. The molecule has 12 heteroatoms. The van der Waals surface area contributed by atoms with Crippen LogP contribution in [0.5, 0.6) is 5.75 Å². The molecule has 39 heavy (non-hydrogen) atoms. The SMILES string of the molecule is O=C(O)CN1CCN(CC(=O)N2CCc3c(n(Cc4cccc(OC(F)(F)F)c4)c4c(F)cccc34)C2)CC1. The second-order valence-corrected chi connectivity index (χ2v) is 9.85. The molecular weight excluding hydrogens is 520 g/mol. The van der Waals surface area contributed by atoms with Gasteiger partial charge in [-0.15, -0.1) is 13.2 Å². The van der Waals surface area contributed by atoms with Gasteiger partial charge in [-0.1, -0.05) is 24.3 Å². The molecule has 1 aromatic heterocycles. The van der Waals surface area contributed by atoms with Gasteiger partial charge in [0.2, 0.25) is 5.91 Å². The summed E-state index contributed by atoms with van der Waals surface area (Å²) in [5, 5.41) is 9.71. The maximum absolute atomic E-state index is 15.1. The average molecular weight is 549 g/mol. The number of hydrogen-bond donors (Lipinski definition) is 1. The fraction of sp³-hybridized carbons (Fsp3) is 0.407. The molecule has 2 aliphatic rings. The molecule has 1 N–H and O–H groups in total. The molecule has 3 heterocycles. The molecule has 1 saturated heterocycles. The topological polar surface area (TPSA) is 78.3 Å². The minimum absolute atomic E-state index is 0.0248. The third kappa shape index (κ3) is 6.17. The highest BCUT2D eigenvalue weighted by atomic mass is 19.4. The van der Waals surface area contributed by atoms with Gasteiger partial charge >= 0.3 is 12.3 Å². The summed E-state index contributed by atoms with van der Waals surface area (Å²) >= 11 is 0. The van der Waals surface area contributed by atoms with Crippen molar-refractivity contribution < 1.29 is 37.0 Å². The van der Waals surface area contributed by atoms with Gasteiger partial charge in [-0.2, -0.15) is 0 Å². The van der Waals surface area contributed by atoms with Gasteiger partial charge in [0.25, 0.3) is 0 Å². The Morgan fingerprint density at radius 3 is 2.33 bits per heavy atom. The molecule has 0 aliphatic carbocycles. The molecular formula is C27H28F4N4O4. The predicted molar refractivity (Wildman–Crippen MR) is 134 cm³/mol. The van der Waals surface area contributed by atoms with Crippen LogP contribution in [-0.4, -0.2) is 88.4 Å². The number of piperazine rings is 1. The number of amides is 1. The highest BCUT2D eigenvalue weighted by Crippen LogP contribution is 2.34. The third-order valence-corrected chi connectivity index (χ3v) is 7.24. The molecule has 208 valence electrons. The van der Waals surface area contributed by atoms with Crippen LogP contribution in [0.25, 0.3) is 10.9 Å². The molecule has 8 nitrogen and oxygen atoms in total. The number of hydrogen-bond acceptors (Lipinski definition) is 5. The maximum atomic E-state index is 15.1. The quantitative estimate of drug-likeness (QED) is 0.457. The lowest BCUT2D eigenvalue weighted by molar-refractivity contribution is -0.274. The zero-order valence-electron chi connectivity index (χ0n) is 21.1. The predicted octanol–water partition coefficient (Wildman–Crippen LogP) is 3.31. The van der Waals surface area contributed by atoms with Crippen LogP contribution in [0.4, 0.5) is 17.6 Å². The van der Waals surface area contributed by atoms with Crippen LogP contribution in [0.15, 0.2) is 42.5 Å². The largest absolute Gasteiger partial charge is 0.573 e. The van der Waals surface area contributed by atoms with Crippen molar-refractivity contribution in [2.75, 3.05) is 45.8 Å². The Bertz CT molecular complexity index is 1380. The molecule has 2 aromatic carbocycles. The number of carbonyl (C=O) groups is 2. The summed E-state index contributed by atoms with van der Waals surface area (Å²) in [6.45, 7) is 3.29. The first-order valence-electron chi connectivity index (χ1n) is 12.6. The molecule has 1 amide bonds. The van der Waals surface area contributed by atoms with E-state index in [1.807, 2.05) is 15.9 Å². The number of aromatic nitrogens is 1. The molecule has 0 radical (unpaired) electrons. The van der Waals surface area contributed by atoms with Gasteiger partial charge in [-0.25, -0.2) is 4.39 Å². The Morgan fingerprint density at radius 2 is 1.64 bits per heavy atom. The van der Waals surface area contributed by atoms with E-state index >= 15 is 4.39 Å². The number of halogens is 4. The number of aliphatic carboxylic acids is 1. The van der Waals surface area contributed by atoms with Crippen LogP contribution in [-0.2, 0) is 29.1 Å². The molecule has 0 atom stereocenters. The second-order valence-electron chi connectivity index (χ2n) is 9.85. The van der Waals surface area contributed by atoms with Gasteiger partial charge in [-0.3, -0.25) is 19.4 Å². The first-order chi connectivity index (χ1) is 18.6. The molecule has 1 fully saturated rings. The monoisotopic (exact) mass is 548 g/mol. The normalized spacial score (nSPS) is 16.9. The van der Waals surface area contributed by atoms with E-state index in [4.69, 9.17) is 5.11 Å². The van der Waals surface area contributed by atoms with E-state index in [2.05, 4.69) is 4.74 Å². The Balaban J connectivity index is 1.36. The summed E-state index contributed by atoms with van der Waals surface area (Å²) in [5.74, 6) is -1.76. The van der Waals surface area contributed by atoms with Crippen molar-refractivity contribution in [1.82, 2.24) is 19.3 Å². The fourth-order valence-electron chi connectivity index (χ4n) is 5.45. The lowest BCUT2D eigenvalue weighted by Gasteiger charge is -2.35. The summed E-state index contributed by atoms with van der Waals surface area (Å²) in [4.78, 5) is 29.7. The van der Waals surface area contributed by atoms with Crippen molar-refractivity contribution >= 4 is 22.8 Å². The van der Waals surface area contributed by atoms with Crippen LogP contribution in [0.1, 0.15) is 16.8 Å². The minimum Gasteiger partial charge on any atom is -0.480 e. The number of nitrogens with zero attached hydrogens (tertiary/aromatic N) is 4. The summed E-state index contributed by atoms with van der Waals surface area (Å²) in [5.41, 5.74) is 2.54.